The third kappa shape index (κ3) is 3.56. The average molecular weight is 284 g/mol. The van der Waals surface area contributed by atoms with Crippen LogP contribution in [0.1, 0.15) is 48.0 Å². The van der Waals surface area contributed by atoms with Gasteiger partial charge in [-0.2, -0.15) is 8.78 Å². The molecule has 1 aliphatic rings. The molecule has 0 atom stereocenters. The van der Waals surface area contributed by atoms with Gasteiger partial charge in [0.2, 0.25) is 5.78 Å². The molecule has 0 unspecified atom stereocenters. The molecule has 1 saturated carbocycles. The van der Waals surface area contributed by atoms with Gasteiger partial charge in [0.05, 0.1) is 0 Å². The SMILES string of the molecule is Cc1ccccc1C(=O)C(F)(F)SC1CCCCC1. The summed E-state index contributed by atoms with van der Waals surface area (Å²) >= 11 is 0.552. The number of thioether (sulfide) groups is 1. The molecule has 0 aromatic heterocycles. The molecule has 1 nitrogen and oxygen atoms in total. The fourth-order valence-corrected chi connectivity index (χ4v) is 3.63. The molecule has 1 aromatic rings. The summed E-state index contributed by atoms with van der Waals surface area (Å²) in [7, 11) is 0. The summed E-state index contributed by atoms with van der Waals surface area (Å²) in [5.41, 5.74) is 0.743. The minimum atomic E-state index is -3.31. The first-order valence-electron chi connectivity index (χ1n) is 6.67. The van der Waals surface area contributed by atoms with Crippen LogP contribution in [0.2, 0.25) is 0 Å². The summed E-state index contributed by atoms with van der Waals surface area (Å²) in [4.78, 5) is 12.0. The van der Waals surface area contributed by atoms with E-state index in [1.54, 1.807) is 25.1 Å². The van der Waals surface area contributed by atoms with E-state index in [1.807, 2.05) is 0 Å². The van der Waals surface area contributed by atoms with E-state index in [4.69, 9.17) is 0 Å². The molecule has 0 N–H and O–H groups in total. The Morgan fingerprint density at radius 2 is 1.84 bits per heavy atom. The number of rotatable bonds is 4. The highest BCUT2D eigenvalue weighted by Crippen LogP contribution is 2.41. The maximum absolute atomic E-state index is 14.1. The Bertz CT molecular complexity index is 453. The molecule has 1 aromatic carbocycles. The molecule has 1 aliphatic carbocycles. The van der Waals surface area contributed by atoms with Crippen LogP contribution in [0.25, 0.3) is 0 Å². The van der Waals surface area contributed by atoms with E-state index in [2.05, 4.69) is 0 Å². The summed E-state index contributed by atoms with van der Waals surface area (Å²) in [5, 5.41) is -3.40. The molecule has 0 bridgehead atoms. The quantitative estimate of drug-likeness (QED) is 0.736. The van der Waals surface area contributed by atoms with Crippen LogP contribution in [0, 0.1) is 6.92 Å². The van der Waals surface area contributed by atoms with Crippen LogP contribution in [0.3, 0.4) is 0 Å². The number of Topliss-reactive ketones (excluding diaryl/α,β-unsaturated/α-hetero) is 1. The molecule has 0 spiro atoms. The normalized spacial score (nSPS) is 17.4. The number of halogens is 2. The molecule has 0 radical (unpaired) electrons. The summed E-state index contributed by atoms with van der Waals surface area (Å²) < 4.78 is 28.2. The Labute approximate surface area is 116 Å². The number of aryl methyl sites for hydroxylation is 1. The average Bonchev–Trinajstić information content (AvgIpc) is 2.39. The van der Waals surface area contributed by atoms with Gasteiger partial charge in [-0.15, -0.1) is 0 Å². The van der Waals surface area contributed by atoms with Gasteiger partial charge in [-0.25, -0.2) is 0 Å². The Balaban J connectivity index is 2.10. The predicted octanol–water partition coefficient (Wildman–Crippen LogP) is 4.84. The van der Waals surface area contributed by atoms with Crippen molar-refractivity contribution in [2.45, 2.75) is 49.5 Å². The lowest BCUT2D eigenvalue weighted by Gasteiger charge is -2.25. The van der Waals surface area contributed by atoms with E-state index in [9.17, 15) is 13.6 Å². The molecule has 0 amide bonds. The van der Waals surface area contributed by atoms with Gasteiger partial charge in [0.1, 0.15) is 0 Å². The van der Waals surface area contributed by atoms with Crippen molar-refractivity contribution in [1.29, 1.82) is 0 Å². The third-order valence-electron chi connectivity index (χ3n) is 3.52. The van der Waals surface area contributed by atoms with Crippen LogP contribution in [0.4, 0.5) is 8.78 Å². The zero-order valence-electron chi connectivity index (χ0n) is 11.0. The van der Waals surface area contributed by atoms with Crippen molar-refractivity contribution in [2.75, 3.05) is 0 Å². The number of carbonyl (C=O) groups is 1. The number of benzene rings is 1. The van der Waals surface area contributed by atoms with Crippen molar-refractivity contribution in [3.63, 3.8) is 0 Å². The van der Waals surface area contributed by atoms with Crippen LogP contribution < -0.4 is 0 Å². The molecule has 2 rings (SSSR count). The highest BCUT2D eigenvalue weighted by atomic mass is 32.2. The van der Waals surface area contributed by atoms with E-state index in [0.29, 0.717) is 17.3 Å². The largest absolute Gasteiger partial charge is 0.356 e. The van der Waals surface area contributed by atoms with Crippen LogP contribution >= 0.6 is 11.8 Å². The monoisotopic (exact) mass is 284 g/mol. The fourth-order valence-electron chi connectivity index (χ4n) is 2.43. The summed E-state index contributed by atoms with van der Waals surface area (Å²) in [6.07, 6.45) is 4.69. The van der Waals surface area contributed by atoms with Gasteiger partial charge in [0.25, 0.3) is 0 Å². The minimum absolute atomic E-state index is 0.0864. The molecule has 0 aliphatic heterocycles. The van der Waals surface area contributed by atoms with E-state index in [1.165, 1.54) is 6.07 Å². The van der Waals surface area contributed by atoms with E-state index in [0.717, 1.165) is 32.1 Å². The Morgan fingerprint density at radius 3 is 2.47 bits per heavy atom. The fraction of sp³-hybridized carbons (Fsp3) is 0.533. The number of carbonyl (C=O) groups excluding carboxylic acids is 1. The molecular formula is C15H18F2OS. The van der Waals surface area contributed by atoms with Gasteiger partial charge in [-0.1, -0.05) is 55.3 Å². The van der Waals surface area contributed by atoms with Crippen LogP contribution in [0.15, 0.2) is 24.3 Å². The number of ketones is 1. The third-order valence-corrected chi connectivity index (χ3v) is 4.81. The van der Waals surface area contributed by atoms with Crippen molar-refractivity contribution in [3.8, 4) is 0 Å². The van der Waals surface area contributed by atoms with E-state index >= 15 is 0 Å². The molecule has 0 saturated heterocycles. The van der Waals surface area contributed by atoms with Crippen molar-refractivity contribution in [1.82, 2.24) is 0 Å². The van der Waals surface area contributed by atoms with Crippen molar-refractivity contribution in [2.24, 2.45) is 0 Å². The lowest BCUT2D eigenvalue weighted by Crippen LogP contribution is -2.29. The standard InChI is InChI=1S/C15H18F2OS/c1-11-7-5-6-10-13(11)14(18)15(16,17)19-12-8-3-2-4-9-12/h5-7,10,12H,2-4,8-9H2,1H3. The molecule has 104 valence electrons. The van der Waals surface area contributed by atoms with Gasteiger partial charge in [-0.05, 0) is 25.3 Å². The summed E-state index contributed by atoms with van der Waals surface area (Å²) in [6, 6.07) is 6.54. The van der Waals surface area contributed by atoms with E-state index in [-0.39, 0.29) is 10.8 Å². The number of hydrogen-bond acceptors (Lipinski definition) is 2. The first-order valence-corrected chi connectivity index (χ1v) is 7.55. The van der Waals surface area contributed by atoms with Crippen LogP contribution in [0.5, 0.6) is 0 Å². The number of hydrogen-bond donors (Lipinski definition) is 0. The molecule has 19 heavy (non-hydrogen) atoms. The van der Waals surface area contributed by atoms with Crippen molar-refractivity contribution >= 4 is 17.5 Å². The van der Waals surface area contributed by atoms with Crippen molar-refractivity contribution in [3.05, 3.63) is 35.4 Å². The van der Waals surface area contributed by atoms with Gasteiger partial charge in [0, 0.05) is 10.8 Å². The van der Waals surface area contributed by atoms with Gasteiger partial charge in [0.15, 0.2) is 0 Å². The van der Waals surface area contributed by atoms with Crippen LogP contribution in [-0.4, -0.2) is 16.3 Å². The molecular weight excluding hydrogens is 266 g/mol. The smallest absolute Gasteiger partial charge is 0.286 e. The van der Waals surface area contributed by atoms with Gasteiger partial charge in [-0.3, -0.25) is 4.79 Å². The van der Waals surface area contributed by atoms with Gasteiger partial charge >= 0.3 is 5.25 Å². The maximum Gasteiger partial charge on any atom is 0.356 e. The predicted molar refractivity (Wildman–Crippen MR) is 74.9 cm³/mol. The topological polar surface area (TPSA) is 17.1 Å². The highest BCUT2D eigenvalue weighted by Gasteiger charge is 2.42. The molecule has 1 fully saturated rings. The maximum atomic E-state index is 14.1. The first-order chi connectivity index (χ1) is 9.00. The molecule has 4 heteroatoms. The molecule has 0 heterocycles. The van der Waals surface area contributed by atoms with E-state index < -0.39 is 11.0 Å². The lowest BCUT2D eigenvalue weighted by atomic mass is 10.0. The number of alkyl halides is 2. The zero-order chi connectivity index (χ0) is 13.9. The summed E-state index contributed by atoms with van der Waals surface area (Å²) in [5.74, 6) is -1.05. The van der Waals surface area contributed by atoms with Gasteiger partial charge < -0.3 is 0 Å². The highest BCUT2D eigenvalue weighted by molar-refractivity contribution is 8.01. The second kappa shape index (κ2) is 6.04. The minimum Gasteiger partial charge on any atom is -0.286 e. The van der Waals surface area contributed by atoms with Crippen LogP contribution in [-0.2, 0) is 0 Å². The lowest BCUT2D eigenvalue weighted by molar-refractivity contribution is 0.0562. The Hall–Kier alpha value is -0.900. The Kier molecular flexibility index (Phi) is 4.61. The van der Waals surface area contributed by atoms with Crippen molar-refractivity contribution < 1.29 is 13.6 Å². The second-order valence-electron chi connectivity index (χ2n) is 5.04. The zero-order valence-corrected chi connectivity index (χ0v) is 11.8. The first kappa shape index (κ1) is 14.5. The Morgan fingerprint density at radius 1 is 1.21 bits per heavy atom. The second-order valence-corrected chi connectivity index (χ2v) is 6.45. The summed E-state index contributed by atoms with van der Waals surface area (Å²) in [6.45, 7) is 1.69.